The number of aryl methyl sites for hydroxylation is 1. The molecule has 0 spiro atoms. The van der Waals surface area contributed by atoms with Crippen molar-refractivity contribution in [3.63, 3.8) is 0 Å². The first-order valence-corrected chi connectivity index (χ1v) is 7.60. The zero-order valence-corrected chi connectivity index (χ0v) is 12.0. The fraction of sp³-hybridized carbons (Fsp3) is 0.625. The van der Waals surface area contributed by atoms with Gasteiger partial charge >= 0.3 is 0 Å². The standard InChI is InChI=1S/C16H23ClO/c1-13(9-11-17)10-12-18-16-8-4-6-14-5-2-3-7-15(14)16/h2-3,5,7,13,16H,4,6,8-12H2,1H3. The molecule has 0 aliphatic heterocycles. The first-order valence-electron chi connectivity index (χ1n) is 7.06. The molecule has 1 nitrogen and oxygen atoms in total. The summed E-state index contributed by atoms with van der Waals surface area (Å²) < 4.78 is 6.08. The number of ether oxygens (including phenoxy) is 1. The van der Waals surface area contributed by atoms with Crippen LogP contribution in [0.2, 0.25) is 0 Å². The molecule has 1 aliphatic rings. The van der Waals surface area contributed by atoms with E-state index in [1.807, 2.05) is 0 Å². The van der Waals surface area contributed by atoms with Crippen molar-refractivity contribution in [2.24, 2.45) is 5.92 Å². The molecule has 0 fully saturated rings. The third-order valence-corrected chi connectivity index (χ3v) is 4.06. The van der Waals surface area contributed by atoms with Crippen LogP contribution in [0.5, 0.6) is 0 Å². The van der Waals surface area contributed by atoms with Gasteiger partial charge < -0.3 is 4.74 Å². The highest BCUT2D eigenvalue weighted by atomic mass is 35.5. The SMILES string of the molecule is CC(CCCl)CCOC1CCCc2ccccc21. The lowest BCUT2D eigenvalue weighted by Crippen LogP contribution is -2.14. The smallest absolute Gasteiger partial charge is 0.0827 e. The van der Waals surface area contributed by atoms with Gasteiger partial charge in [-0.1, -0.05) is 31.2 Å². The second-order valence-electron chi connectivity index (χ2n) is 5.32. The van der Waals surface area contributed by atoms with E-state index in [2.05, 4.69) is 31.2 Å². The molecule has 1 aromatic carbocycles. The van der Waals surface area contributed by atoms with Gasteiger partial charge in [-0.25, -0.2) is 0 Å². The van der Waals surface area contributed by atoms with Crippen LogP contribution in [0.15, 0.2) is 24.3 Å². The molecular formula is C16H23ClO. The Morgan fingerprint density at radius 2 is 2.17 bits per heavy atom. The molecule has 0 aromatic heterocycles. The Bertz CT molecular complexity index is 364. The highest BCUT2D eigenvalue weighted by Gasteiger charge is 2.20. The third kappa shape index (κ3) is 3.73. The summed E-state index contributed by atoms with van der Waals surface area (Å²) in [5.74, 6) is 1.43. The Balaban J connectivity index is 1.84. The molecule has 0 amide bonds. The minimum absolute atomic E-state index is 0.318. The summed E-state index contributed by atoms with van der Waals surface area (Å²) in [6.45, 7) is 3.11. The van der Waals surface area contributed by atoms with E-state index in [1.54, 1.807) is 0 Å². The Labute approximate surface area is 115 Å². The van der Waals surface area contributed by atoms with Gasteiger partial charge in [0.25, 0.3) is 0 Å². The van der Waals surface area contributed by atoms with Crippen LogP contribution in [-0.2, 0) is 11.2 Å². The maximum absolute atomic E-state index is 6.08. The molecule has 0 saturated heterocycles. The van der Waals surface area contributed by atoms with Crippen molar-refractivity contribution in [1.82, 2.24) is 0 Å². The van der Waals surface area contributed by atoms with Gasteiger partial charge in [0.05, 0.1) is 6.10 Å². The minimum Gasteiger partial charge on any atom is -0.374 e. The lowest BCUT2D eigenvalue weighted by molar-refractivity contribution is 0.0334. The molecule has 0 saturated carbocycles. The first kappa shape index (κ1) is 13.9. The molecule has 2 unspecified atom stereocenters. The Hall–Kier alpha value is -0.530. The topological polar surface area (TPSA) is 9.23 Å². The highest BCUT2D eigenvalue weighted by Crippen LogP contribution is 2.32. The Morgan fingerprint density at radius 3 is 3.00 bits per heavy atom. The van der Waals surface area contributed by atoms with Crippen molar-refractivity contribution >= 4 is 11.6 Å². The summed E-state index contributed by atoms with van der Waals surface area (Å²) in [4.78, 5) is 0. The number of hydrogen-bond acceptors (Lipinski definition) is 1. The summed E-state index contributed by atoms with van der Waals surface area (Å²) >= 11 is 5.75. The van der Waals surface area contributed by atoms with Gasteiger partial charge in [-0.15, -0.1) is 11.6 Å². The average molecular weight is 267 g/mol. The summed E-state index contributed by atoms with van der Waals surface area (Å²) in [5.41, 5.74) is 2.89. The van der Waals surface area contributed by atoms with Gasteiger partial charge in [-0.3, -0.25) is 0 Å². The molecule has 1 aliphatic carbocycles. The van der Waals surface area contributed by atoms with Crippen molar-refractivity contribution in [3.05, 3.63) is 35.4 Å². The normalized spacial score (nSPS) is 20.4. The van der Waals surface area contributed by atoms with E-state index in [9.17, 15) is 0 Å². The second kappa shape index (κ2) is 7.16. The van der Waals surface area contributed by atoms with Crippen LogP contribution < -0.4 is 0 Å². The van der Waals surface area contributed by atoms with Crippen LogP contribution in [0.3, 0.4) is 0 Å². The summed E-state index contributed by atoms with van der Waals surface area (Å²) in [6.07, 6.45) is 6.15. The lowest BCUT2D eigenvalue weighted by Gasteiger charge is -2.26. The number of benzene rings is 1. The van der Waals surface area contributed by atoms with E-state index < -0.39 is 0 Å². The fourth-order valence-corrected chi connectivity index (χ4v) is 3.00. The predicted molar refractivity (Wildman–Crippen MR) is 77.2 cm³/mol. The molecule has 2 atom stereocenters. The quantitative estimate of drug-likeness (QED) is 0.676. The van der Waals surface area contributed by atoms with Gasteiger partial charge in [-0.2, -0.15) is 0 Å². The van der Waals surface area contributed by atoms with Gasteiger partial charge in [0.1, 0.15) is 0 Å². The van der Waals surface area contributed by atoms with E-state index >= 15 is 0 Å². The number of fused-ring (bicyclic) bond motifs is 1. The van der Waals surface area contributed by atoms with E-state index in [4.69, 9.17) is 16.3 Å². The van der Waals surface area contributed by atoms with Crippen LogP contribution in [0.25, 0.3) is 0 Å². The van der Waals surface area contributed by atoms with Crippen molar-refractivity contribution < 1.29 is 4.74 Å². The van der Waals surface area contributed by atoms with Crippen LogP contribution in [0.4, 0.5) is 0 Å². The van der Waals surface area contributed by atoms with Gasteiger partial charge in [-0.05, 0) is 49.1 Å². The molecule has 0 radical (unpaired) electrons. The Kier molecular flexibility index (Phi) is 5.52. The van der Waals surface area contributed by atoms with E-state index in [1.165, 1.54) is 30.4 Å². The monoisotopic (exact) mass is 266 g/mol. The van der Waals surface area contributed by atoms with Crippen LogP contribution in [0.1, 0.15) is 49.8 Å². The molecule has 0 N–H and O–H groups in total. The van der Waals surface area contributed by atoms with Gasteiger partial charge in [0.2, 0.25) is 0 Å². The molecule has 100 valence electrons. The van der Waals surface area contributed by atoms with Gasteiger partial charge in [0.15, 0.2) is 0 Å². The maximum Gasteiger partial charge on any atom is 0.0827 e. The highest BCUT2D eigenvalue weighted by molar-refractivity contribution is 6.17. The molecule has 0 bridgehead atoms. The van der Waals surface area contributed by atoms with Crippen molar-refractivity contribution in [1.29, 1.82) is 0 Å². The number of halogens is 1. The minimum atomic E-state index is 0.318. The maximum atomic E-state index is 6.08. The summed E-state index contributed by atoms with van der Waals surface area (Å²) in [7, 11) is 0. The number of hydrogen-bond donors (Lipinski definition) is 0. The van der Waals surface area contributed by atoms with Crippen molar-refractivity contribution in [2.45, 2.75) is 45.1 Å². The number of rotatable bonds is 6. The molecule has 2 heteroatoms. The van der Waals surface area contributed by atoms with Crippen LogP contribution in [-0.4, -0.2) is 12.5 Å². The predicted octanol–water partition coefficient (Wildman–Crippen LogP) is 4.74. The molecule has 18 heavy (non-hydrogen) atoms. The Morgan fingerprint density at radius 1 is 1.33 bits per heavy atom. The van der Waals surface area contributed by atoms with Gasteiger partial charge in [0, 0.05) is 12.5 Å². The van der Waals surface area contributed by atoms with E-state index in [0.29, 0.717) is 12.0 Å². The molecule has 1 aromatic rings. The zero-order valence-electron chi connectivity index (χ0n) is 11.2. The summed E-state index contributed by atoms with van der Waals surface area (Å²) in [5, 5.41) is 0. The van der Waals surface area contributed by atoms with Crippen molar-refractivity contribution in [2.75, 3.05) is 12.5 Å². The second-order valence-corrected chi connectivity index (χ2v) is 5.70. The lowest BCUT2D eigenvalue weighted by atomic mass is 9.89. The molecular weight excluding hydrogens is 244 g/mol. The fourth-order valence-electron chi connectivity index (χ4n) is 2.62. The molecule has 0 heterocycles. The summed E-state index contributed by atoms with van der Waals surface area (Å²) in [6, 6.07) is 8.71. The molecule has 2 rings (SSSR count). The number of alkyl halides is 1. The van der Waals surface area contributed by atoms with E-state index in [0.717, 1.165) is 25.3 Å². The average Bonchev–Trinajstić information content (AvgIpc) is 2.39. The largest absolute Gasteiger partial charge is 0.374 e. The third-order valence-electron chi connectivity index (χ3n) is 3.85. The van der Waals surface area contributed by atoms with Crippen LogP contribution >= 0.6 is 11.6 Å². The van der Waals surface area contributed by atoms with E-state index in [-0.39, 0.29) is 0 Å². The van der Waals surface area contributed by atoms with Crippen molar-refractivity contribution in [3.8, 4) is 0 Å². The van der Waals surface area contributed by atoms with Crippen LogP contribution in [0, 0.1) is 5.92 Å². The zero-order chi connectivity index (χ0) is 12.8. The first-order chi connectivity index (χ1) is 8.81.